The molecular formula is C26H35N9O. The lowest BCUT2D eigenvalue weighted by Crippen LogP contribution is -2.44. The third kappa shape index (κ3) is 5.17. The molecule has 1 aromatic carbocycles. The molecule has 0 saturated carbocycles. The van der Waals surface area contributed by atoms with Crippen molar-refractivity contribution in [3.63, 3.8) is 0 Å². The number of anilines is 3. The quantitative estimate of drug-likeness (QED) is 0.533. The van der Waals surface area contributed by atoms with E-state index in [0.29, 0.717) is 13.2 Å². The molecule has 3 aliphatic heterocycles. The normalized spacial score (nSPS) is 18.1. The van der Waals surface area contributed by atoms with Crippen LogP contribution in [0.25, 0.3) is 11.3 Å². The first-order chi connectivity index (χ1) is 17.3. The van der Waals surface area contributed by atoms with Crippen LogP contribution in [0.3, 0.4) is 0 Å². The molecule has 2 saturated heterocycles. The van der Waals surface area contributed by atoms with E-state index in [2.05, 4.69) is 54.2 Å². The zero-order valence-corrected chi connectivity index (χ0v) is 20.8. The van der Waals surface area contributed by atoms with Gasteiger partial charge in [-0.2, -0.15) is 4.98 Å². The number of nitrogens with one attached hydrogen (secondary N) is 1. The molecule has 0 spiro atoms. The minimum atomic E-state index is 0. The first-order valence-corrected chi connectivity index (χ1v) is 12.6. The highest BCUT2D eigenvalue weighted by molar-refractivity contribution is 5.76. The fourth-order valence-electron chi connectivity index (χ4n) is 5.12. The van der Waals surface area contributed by atoms with E-state index in [1.807, 2.05) is 12.4 Å². The summed E-state index contributed by atoms with van der Waals surface area (Å²) < 4.78 is 5.56. The van der Waals surface area contributed by atoms with Crippen molar-refractivity contribution in [1.82, 2.24) is 36.3 Å². The fraction of sp³-hybridized carbons (Fsp3) is 0.462. The van der Waals surface area contributed by atoms with Gasteiger partial charge in [0.25, 0.3) is 0 Å². The predicted octanol–water partition coefficient (Wildman–Crippen LogP) is 2.07. The van der Waals surface area contributed by atoms with Crippen LogP contribution in [-0.2, 0) is 17.6 Å². The van der Waals surface area contributed by atoms with Crippen LogP contribution >= 0.6 is 0 Å². The smallest absolute Gasteiger partial charge is 0.228 e. The molecule has 5 heterocycles. The molecule has 2 aromatic heterocycles. The number of hydrogen-bond donors (Lipinski definition) is 2. The number of morpholine rings is 1. The van der Waals surface area contributed by atoms with E-state index in [-0.39, 0.29) is 6.15 Å². The summed E-state index contributed by atoms with van der Waals surface area (Å²) >= 11 is 0. The molecule has 190 valence electrons. The number of rotatable bonds is 6. The number of aromatic nitrogens is 4. The Labute approximate surface area is 212 Å². The molecule has 3 aliphatic rings. The molecule has 36 heavy (non-hydrogen) atoms. The Kier molecular flexibility index (Phi) is 7.66. The summed E-state index contributed by atoms with van der Waals surface area (Å²) in [4.78, 5) is 25.6. The van der Waals surface area contributed by atoms with Crippen LogP contribution in [0.1, 0.15) is 11.1 Å². The van der Waals surface area contributed by atoms with Crippen molar-refractivity contribution < 1.29 is 4.74 Å². The molecule has 0 atom stereocenters. The van der Waals surface area contributed by atoms with Crippen LogP contribution in [0.2, 0.25) is 0 Å². The van der Waals surface area contributed by atoms with Crippen molar-refractivity contribution in [2.24, 2.45) is 0 Å². The van der Waals surface area contributed by atoms with Gasteiger partial charge in [-0.05, 0) is 30.5 Å². The molecule has 10 heteroatoms. The van der Waals surface area contributed by atoms with E-state index in [1.165, 1.54) is 16.8 Å². The standard InChI is InChI=1S/C26H32N8O.H3N/c1-3-22(4-2-20(1)5-9-32-11-7-27-8-12-32)34-10-6-23-24(21-17-28-19-29-18-21)30-26(31-25(23)34)33-13-15-35-16-14-33;/h1-4,17-19,27H,5-16H2;1H3. The highest BCUT2D eigenvalue weighted by Gasteiger charge is 2.29. The highest BCUT2D eigenvalue weighted by Crippen LogP contribution is 2.39. The van der Waals surface area contributed by atoms with Gasteiger partial charge in [0.2, 0.25) is 5.95 Å². The van der Waals surface area contributed by atoms with Crippen LogP contribution in [0.5, 0.6) is 0 Å². The monoisotopic (exact) mass is 489 g/mol. The molecule has 0 radical (unpaired) electrons. The Morgan fingerprint density at radius 3 is 2.39 bits per heavy atom. The summed E-state index contributed by atoms with van der Waals surface area (Å²) in [6.45, 7) is 9.47. The minimum Gasteiger partial charge on any atom is -0.378 e. The topological polar surface area (TPSA) is 118 Å². The second-order valence-corrected chi connectivity index (χ2v) is 9.31. The van der Waals surface area contributed by atoms with E-state index >= 15 is 0 Å². The number of ether oxygens (including phenoxy) is 1. The maximum Gasteiger partial charge on any atom is 0.228 e. The van der Waals surface area contributed by atoms with Gasteiger partial charge in [0.05, 0.1) is 18.9 Å². The van der Waals surface area contributed by atoms with Crippen LogP contribution in [0, 0.1) is 0 Å². The molecule has 2 fully saturated rings. The molecule has 0 bridgehead atoms. The van der Waals surface area contributed by atoms with Gasteiger partial charge >= 0.3 is 0 Å². The summed E-state index contributed by atoms with van der Waals surface area (Å²) in [6.07, 6.45) is 7.22. The van der Waals surface area contributed by atoms with E-state index in [1.54, 1.807) is 6.33 Å². The van der Waals surface area contributed by atoms with Gasteiger partial charge in [0.15, 0.2) is 0 Å². The van der Waals surface area contributed by atoms with Gasteiger partial charge in [-0.25, -0.2) is 15.0 Å². The van der Waals surface area contributed by atoms with Crippen molar-refractivity contribution in [1.29, 1.82) is 0 Å². The van der Waals surface area contributed by atoms with Crippen LogP contribution in [0.15, 0.2) is 43.0 Å². The summed E-state index contributed by atoms with van der Waals surface area (Å²) in [6, 6.07) is 9.02. The average Bonchev–Trinajstić information content (AvgIpc) is 3.37. The molecule has 0 unspecified atom stereocenters. The summed E-state index contributed by atoms with van der Waals surface area (Å²) in [7, 11) is 0. The SMILES string of the molecule is N.c1ncc(-c2nc(N3CCOCC3)nc3c2CCN3c2ccc(CCN3CCNCC3)cc2)cn1. The van der Waals surface area contributed by atoms with E-state index in [9.17, 15) is 0 Å². The third-order valence-corrected chi connectivity index (χ3v) is 7.12. The minimum absolute atomic E-state index is 0. The Balaban J connectivity index is 0.00000267. The van der Waals surface area contributed by atoms with E-state index in [4.69, 9.17) is 14.7 Å². The van der Waals surface area contributed by atoms with Gasteiger partial charge < -0.3 is 30.9 Å². The summed E-state index contributed by atoms with van der Waals surface area (Å²) in [5, 5.41) is 3.43. The number of nitrogens with zero attached hydrogens (tertiary/aromatic N) is 7. The molecule has 3 aromatic rings. The molecule has 6 rings (SSSR count). The van der Waals surface area contributed by atoms with Crippen molar-refractivity contribution >= 4 is 17.5 Å². The second kappa shape index (κ2) is 11.3. The Hall–Kier alpha value is -3.18. The Morgan fingerprint density at radius 2 is 1.64 bits per heavy atom. The molecule has 0 amide bonds. The lowest BCUT2D eigenvalue weighted by molar-refractivity contribution is 0.122. The van der Waals surface area contributed by atoms with E-state index in [0.717, 1.165) is 88.2 Å². The first kappa shape index (κ1) is 24.5. The van der Waals surface area contributed by atoms with Crippen LogP contribution < -0.4 is 21.3 Å². The largest absolute Gasteiger partial charge is 0.378 e. The Bertz CT molecular complexity index is 1130. The van der Waals surface area contributed by atoms with Crippen molar-refractivity contribution in [3.05, 3.63) is 54.1 Å². The van der Waals surface area contributed by atoms with Crippen molar-refractivity contribution in [2.45, 2.75) is 12.8 Å². The lowest BCUT2D eigenvalue weighted by atomic mass is 10.1. The van der Waals surface area contributed by atoms with Gasteiger partial charge in [-0.15, -0.1) is 0 Å². The predicted molar refractivity (Wildman–Crippen MR) is 141 cm³/mol. The maximum atomic E-state index is 5.56. The molecule has 4 N–H and O–H groups in total. The van der Waals surface area contributed by atoms with Crippen LogP contribution in [0.4, 0.5) is 17.5 Å². The molecule has 0 aliphatic carbocycles. The van der Waals surface area contributed by atoms with Crippen molar-refractivity contribution in [2.75, 3.05) is 75.4 Å². The number of fused-ring (bicyclic) bond motifs is 1. The molecule has 10 nitrogen and oxygen atoms in total. The van der Waals surface area contributed by atoms with Gasteiger partial charge in [0.1, 0.15) is 12.1 Å². The first-order valence-electron chi connectivity index (χ1n) is 12.6. The number of benzene rings is 1. The summed E-state index contributed by atoms with van der Waals surface area (Å²) in [5.74, 6) is 1.75. The van der Waals surface area contributed by atoms with Gasteiger partial charge in [-0.3, -0.25) is 0 Å². The summed E-state index contributed by atoms with van der Waals surface area (Å²) in [5.41, 5.74) is 5.60. The molecular weight excluding hydrogens is 454 g/mol. The number of hydrogen-bond acceptors (Lipinski definition) is 10. The van der Waals surface area contributed by atoms with E-state index < -0.39 is 0 Å². The fourth-order valence-corrected chi connectivity index (χ4v) is 5.12. The maximum absolute atomic E-state index is 5.56. The Morgan fingerprint density at radius 1 is 0.889 bits per heavy atom. The van der Waals surface area contributed by atoms with Gasteiger partial charge in [0, 0.05) is 81.6 Å². The lowest BCUT2D eigenvalue weighted by Gasteiger charge is -2.28. The zero-order valence-electron chi connectivity index (χ0n) is 20.8. The third-order valence-electron chi connectivity index (χ3n) is 7.12. The van der Waals surface area contributed by atoms with Crippen molar-refractivity contribution in [3.8, 4) is 11.3 Å². The van der Waals surface area contributed by atoms with Gasteiger partial charge in [-0.1, -0.05) is 12.1 Å². The average molecular weight is 490 g/mol. The second-order valence-electron chi connectivity index (χ2n) is 9.31. The number of piperazine rings is 1. The van der Waals surface area contributed by atoms with Crippen LogP contribution in [-0.4, -0.2) is 90.4 Å². The zero-order chi connectivity index (χ0) is 23.5. The highest BCUT2D eigenvalue weighted by atomic mass is 16.5.